The van der Waals surface area contributed by atoms with Gasteiger partial charge in [0, 0.05) is 0 Å². The molecule has 0 unspecified atom stereocenters. The second-order valence-corrected chi connectivity index (χ2v) is 4.09. The number of carboxylic acid groups (broad SMARTS) is 1. The maximum Gasteiger partial charge on any atom is 0.322 e. The number of carbonyl (C=O) groups excluding carboxylic acids is 1. The summed E-state index contributed by atoms with van der Waals surface area (Å²) >= 11 is 0. The molecule has 98 valence electrons. The monoisotopic (exact) mass is 251 g/mol. The molecule has 5 heteroatoms. The molecule has 0 heterocycles. The minimum atomic E-state index is -1.06. The maximum absolute atomic E-state index is 11.2. The van der Waals surface area contributed by atoms with E-state index in [1.54, 1.807) is 0 Å². The summed E-state index contributed by atoms with van der Waals surface area (Å²) in [6.45, 7) is 3.82. The van der Waals surface area contributed by atoms with Gasteiger partial charge in [-0.05, 0) is 37.1 Å². The smallest absolute Gasteiger partial charge is 0.322 e. The first-order chi connectivity index (χ1) is 8.47. The number of benzene rings is 1. The molecule has 0 saturated heterocycles. The van der Waals surface area contributed by atoms with Gasteiger partial charge < -0.3 is 15.2 Å². The molecule has 0 spiro atoms. The lowest BCUT2D eigenvalue weighted by molar-refractivity contribution is -0.138. The Kier molecular flexibility index (Phi) is 5.17. The zero-order chi connectivity index (χ0) is 13.5. The number of amides is 1. The van der Waals surface area contributed by atoms with E-state index in [1.807, 2.05) is 32.0 Å². The first-order valence-corrected chi connectivity index (χ1v) is 5.67. The van der Waals surface area contributed by atoms with Crippen molar-refractivity contribution in [3.63, 3.8) is 0 Å². The summed E-state index contributed by atoms with van der Waals surface area (Å²) in [5, 5.41) is 10.7. The second kappa shape index (κ2) is 6.64. The minimum absolute atomic E-state index is 0.139. The van der Waals surface area contributed by atoms with Gasteiger partial charge in [0.2, 0.25) is 5.91 Å². The highest BCUT2D eigenvalue weighted by Gasteiger charge is 2.04. The van der Waals surface area contributed by atoms with Crippen molar-refractivity contribution in [2.75, 3.05) is 13.2 Å². The van der Waals surface area contributed by atoms with Crippen molar-refractivity contribution in [2.24, 2.45) is 0 Å². The Labute approximate surface area is 106 Å². The fourth-order valence-corrected chi connectivity index (χ4v) is 1.54. The number of aryl methyl sites for hydroxylation is 2. The van der Waals surface area contributed by atoms with Crippen molar-refractivity contribution >= 4 is 11.9 Å². The van der Waals surface area contributed by atoms with Crippen molar-refractivity contribution < 1.29 is 19.4 Å². The van der Waals surface area contributed by atoms with Crippen LogP contribution >= 0.6 is 0 Å². The predicted molar refractivity (Wildman–Crippen MR) is 66.7 cm³/mol. The van der Waals surface area contributed by atoms with Gasteiger partial charge in [0.25, 0.3) is 0 Å². The van der Waals surface area contributed by atoms with Crippen molar-refractivity contribution in [3.8, 4) is 5.75 Å². The van der Waals surface area contributed by atoms with Crippen LogP contribution in [0.1, 0.15) is 17.5 Å². The summed E-state index contributed by atoms with van der Waals surface area (Å²) in [5.74, 6) is -0.668. The molecule has 1 amide bonds. The van der Waals surface area contributed by atoms with Crippen LogP contribution in [0.25, 0.3) is 0 Å². The SMILES string of the molecule is Cc1cc(C)cc(OCCC(=O)NCC(=O)O)c1. The molecule has 0 atom stereocenters. The molecule has 5 nitrogen and oxygen atoms in total. The Morgan fingerprint density at radius 2 is 1.83 bits per heavy atom. The van der Waals surface area contributed by atoms with Crippen molar-refractivity contribution in [2.45, 2.75) is 20.3 Å². The normalized spacial score (nSPS) is 9.89. The van der Waals surface area contributed by atoms with Crippen LogP contribution in [-0.4, -0.2) is 30.1 Å². The van der Waals surface area contributed by atoms with Crippen LogP contribution in [0.2, 0.25) is 0 Å². The van der Waals surface area contributed by atoms with Gasteiger partial charge >= 0.3 is 5.97 Å². The van der Waals surface area contributed by atoms with Crippen LogP contribution < -0.4 is 10.1 Å². The second-order valence-electron chi connectivity index (χ2n) is 4.09. The van der Waals surface area contributed by atoms with E-state index in [9.17, 15) is 9.59 Å². The van der Waals surface area contributed by atoms with Gasteiger partial charge in [0.15, 0.2) is 0 Å². The van der Waals surface area contributed by atoms with Gasteiger partial charge in [0.05, 0.1) is 13.0 Å². The molecule has 1 aromatic carbocycles. The summed E-state index contributed by atoms with van der Waals surface area (Å²) in [7, 11) is 0. The molecule has 0 saturated carbocycles. The van der Waals surface area contributed by atoms with E-state index in [0.717, 1.165) is 16.9 Å². The van der Waals surface area contributed by atoms with E-state index < -0.39 is 5.97 Å². The third kappa shape index (κ3) is 5.34. The lowest BCUT2D eigenvalue weighted by atomic mass is 10.1. The summed E-state index contributed by atoms with van der Waals surface area (Å²) in [6.07, 6.45) is 0.139. The van der Waals surface area contributed by atoms with E-state index in [2.05, 4.69) is 5.32 Å². The number of hydrogen-bond donors (Lipinski definition) is 2. The van der Waals surface area contributed by atoms with Gasteiger partial charge in [-0.15, -0.1) is 0 Å². The minimum Gasteiger partial charge on any atom is -0.493 e. The van der Waals surface area contributed by atoms with Crippen molar-refractivity contribution in [1.29, 1.82) is 0 Å². The molecule has 1 rings (SSSR count). The third-order valence-electron chi connectivity index (χ3n) is 2.23. The third-order valence-corrected chi connectivity index (χ3v) is 2.23. The molecule has 0 bridgehead atoms. The maximum atomic E-state index is 11.2. The molecule has 0 aliphatic carbocycles. The Morgan fingerprint density at radius 3 is 2.39 bits per heavy atom. The van der Waals surface area contributed by atoms with E-state index in [4.69, 9.17) is 9.84 Å². The molecule has 0 radical (unpaired) electrons. The predicted octanol–water partition coefficient (Wildman–Crippen LogP) is 1.27. The Bertz CT molecular complexity index is 422. The Balaban J connectivity index is 2.33. The van der Waals surface area contributed by atoms with Crippen LogP contribution in [0.4, 0.5) is 0 Å². The van der Waals surface area contributed by atoms with Gasteiger partial charge in [-0.25, -0.2) is 0 Å². The average Bonchev–Trinajstić information content (AvgIpc) is 2.25. The van der Waals surface area contributed by atoms with Crippen LogP contribution in [0, 0.1) is 13.8 Å². The van der Waals surface area contributed by atoms with Gasteiger partial charge in [-0.1, -0.05) is 6.07 Å². The zero-order valence-corrected chi connectivity index (χ0v) is 10.5. The number of carbonyl (C=O) groups is 2. The number of rotatable bonds is 6. The largest absolute Gasteiger partial charge is 0.493 e. The first-order valence-electron chi connectivity index (χ1n) is 5.67. The number of hydrogen-bond acceptors (Lipinski definition) is 3. The van der Waals surface area contributed by atoms with E-state index >= 15 is 0 Å². The van der Waals surface area contributed by atoms with Crippen LogP contribution in [0.15, 0.2) is 18.2 Å². The molecule has 0 aromatic heterocycles. The first kappa shape index (κ1) is 14.0. The lowest BCUT2D eigenvalue weighted by Gasteiger charge is -2.08. The summed E-state index contributed by atoms with van der Waals surface area (Å²) in [5.41, 5.74) is 2.20. The summed E-state index contributed by atoms with van der Waals surface area (Å²) in [4.78, 5) is 21.4. The highest BCUT2D eigenvalue weighted by Crippen LogP contribution is 2.16. The molecule has 18 heavy (non-hydrogen) atoms. The molecule has 1 aromatic rings. The Morgan fingerprint density at radius 1 is 1.22 bits per heavy atom. The number of aliphatic carboxylic acids is 1. The molecule has 0 aliphatic heterocycles. The lowest BCUT2D eigenvalue weighted by Crippen LogP contribution is -2.30. The fourth-order valence-electron chi connectivity index (χ4n) is 1.54. The van der Waals surface area contributed by atoms with E-state index in [0.29, 0.717) is 0 Å². The van der Waals surface area contributed by atoms with E-state index in [-0.39, 0.29) is 25.5 Å². The molecule has 2 N–H and O–H groups in total. The van der Waals surface area contributed by atoms with Crippen molar-refractivity contribution in [3.05, 3.63) is 29.3 Å². The Hall–Kier alpha value is -2.04. The number of carboxylic acids is 1. The van der Waals surface area contributed by atoms with Gasteiger partial charge in [-0.3, -0.25) is 9.59 Å². The van der Waals surface area contributed by atoms with Crippen LogP contribution in [0.5, 0.6) is 5.75 Å². The number of nitrogens with one attached hydrogen (secondary N) is 1. The van der Waals surface area contributed by atoms with Gasteiger partial charge in [0.1, 0.15) is 12.3 Å². The van der Waals surface area contributed by atoms with Crippen LogP contribution in [-0.2, 0) is 9.59 Å². The summed E-state index contributed by atoms with van der Waals surface area (Å²) < 4.78 is 5.44. The highest BCUT2D eigenvalue weighted by molar-refractivity contribution is 5.81. The van der Waals surface area contributed by atoms with Crippen molar-refractivity contribution in [1.82, 2.24) is 5.32 Å². The molecule has 0 aliphatic rings. The zero-order valence-electron chi connectivity index (χ0n) is 10.5. The summed E-state index contributed by atoms with van der Waals surface area (Å²) in [6, 6.07) is 5.82. The van der Waals surface area contributed by atoms with Crippen LogP contribution in [0.3, 0.4) is 0 Å². The molecular weight excluding hydrogens is 234 g/mol. The molecule has 0 fully saturated rings. The van der Waals surface area contributed by atoms with E-state index in [1.165, 1.54) is 0 Å². The van der Waals surface area contributed by atoms with Gasteiger partial charge in [-0.2, -0.15) is 0 Å². The average molecular weight is 251 g/mol. The quantitative estimate of drug-likeness (QED) is 0.798. The number of ether oxygens (including phenoxy) is 1. The molecular formula is C13H17NO4. The topological polar surface area (TPSA) is 75.6 Å². The standard InChI is InChI=1S/C13H17NO4/c1-9-5-10(2)7-11(6-9)18-4-3-12(15)14-8-13(16)17/h5-7H,3-4,8H2,1-2H3,(H,14,15)(H,16,17). The highest BCUT2D eigenvalue weighted by atomic mass is 16.5. The fraction of sp³-hybridized carbons (Fsp3) is 0.385.